The summed E-state index contributed by atoms with van der Waals surface area (Å²) in [5, 5.41) is 8.39. The van der Waals surface area contributed by atoms with Gasteiger partial charge < -0.3 is 0 Å². The molecule has 0 unspecified atom stereocenters. The number of hydrogen-bond acceptors (Lipinski definition) is 3. The lowest BCUT2D eigenvalue weighted by molar-refractivity contribution is 0.203. The van der Waals surface area contributed by atoms with Crippen molar-refractivity contribution in [3.63, 3.8) is 0 Å². The Balaban J connectivity index is 1.61. The predicted molar refractivity (Wildman–Crippen MR) is 80.1 cm³/mol. The normalized spacial score (nSPS) is 17.5. The van der Waals surface area contributed by atoms with E-state index in [2.05, 4.69) is 26.1 Å². The van der Waals surface area contributed by atoms with E-state index in [1.807, 2.05) is 6.20 Å². The Hall–Kier alpha value is -1.10. The minimum atomic E-state index is 0.581. The number of H-pyrrole nitrogens is 1. The summed E-state index contributed by atoms with van der Waals surface area (Å²) >= 11 is 12.3. The number of pyridine rings is 1. The molecule has 0 bridgehead atoms. The van der Waals surface area contributed by atoms with Gasteiger partial charge in [-0.05, 0) is 32.0 Å². The summed E-state index contributed by atoms with van der Waals surface area (Å²) in [6, 6.07) is 2.07. The zero-order valence-corrected chi connectivity index (χ0v) is 12.5. The van der Waals surface area contributed by atoms with Gasteiger partial charge >= 0.3 is 0 Å². The zero-order valence-electron chi connectivity index (χ0n) is 11.0. The average molecular weight is 311 g/mol. The van der Waals surface area contributed by atoms with Gasteiger partial charge in [-0.2, -0.15) is 5.10 Å². The molecular formula is C14H16Cl2N4. The van der Waals surface area contributed by atoms with Crippen LogP contribution >= 0.6 is 23.2 Å². The zero-order chi connectivity index (χ0) is 13.9. The van der Waals surface area contributed by atoms with Gasteiger partial charge in [-0.3, -0.25) is 15.0 Å². The smallest absolute Gasteiger partial charge is 0.0649 e. The molecule has 1 saturated heterocycles. The minimum absolute atomic E-state index is 0.581. The van der Waals surface area contributed by atoms with Crippen LogP contribution in [0.3, 0.4) is 0 Å². The van der Waals surface area contributed by atoms with Crippen LogP contribution in [0.5, 0.6) is 0 Å². The number of nitrogens with one attached hydrogen (secondary N) is 1. The lowest BCUT2D eigenvalue weighted by Crippen LogP contribution is -2.32. The Morgan fingerprint density at radius 2 is 1.90 bits per heavy atom. The van der Waals surface area contributed by atoms with Crippen molar-refractivity contribution in [1.29, 1.82) is 0 Å². The van der Waals surface area contributed by atoms with E-state index in [1.54, 1.807) is 12.4 Å². The maximum atomic E-state index is 6.17. The molecule has 0 aromatic carbocycles. The third-order valence-corrected chi connectivity index (χ3v) is 4.54. The summed E-state index contributed by atoms with van der Waals surface area (Å²) in [4.78, 5) is 6.38. The molecule has 6 heteroatoms. The first-order valence-corrected chi connectivity index (χ1v) is 7.49. The molecule has 0 spiro atoms. The van der Waals surface area contributed by atoms with E-state index in [-0.39, 0.29) is 0 Å². The second kappa shape index (κ2) is 6.12. The van der Waals surface area contributed by atoms with E-state index in [0.717, 1.165) is 38.0 Å². The summed E-state index contributed by atoms with van der Waals surface area (Å²) in [6.07, 6.45) is 7.38. The van der Waals surface area contributed by atoms with E-state index in [0.29, 0.717) is 16.0 Å². The van der Waals surface area contributed by atoms with Crippen LogP contribution in [0.1, 0.15) is 30.0 Å². The molecule has 106 valence electrons. The van der Waals surface area contributed by atoms with Crippen molar-refractivity contribution in [1.82, 2.24) is 20.1 Å². The fourth-order valence-electron chi connectivity index (χ4n) is 2.71. The van der Waals surface area contributed by atoms with Crippen LogP contribution in [-0.4, -0.2) is 33.2 Å². The van der Waals surface area contributed by atoms with Crippen molar-refractivity contribution in [2.24, 2.45) is 0 Å². The van der Waals surface area contributed by atoms with Gasteiger partial charge in [0.2, 0.25) is 0 Å². The molecule has 1 N–H and O–H groups in total. The Labute approximate surface area is 128 Å². The van der Waals surface area contributed by atoms with Crippen LogP contribution in [-0.2, 0) is 6.54 Å². The van der Waals surface area contributed by atoms with Gasteiger partial charge in [0.05, 0.1) is 10.0 Å². The second-order valence-corrected chi connectivity index (χ2v) is 5.96. The van der Waals surface area contributed by atoms with Gasteiger partial charge in [-0.15, -0.1) is 0 Å². The largest absolute Gasteiger partial charge is 0.299 e. The molecule has 3 heterocycles. The number of aromatic amines is 1. The van der Waals surface area contributed by atoms with E-state index >= 15 is 0 Å². The monoisotopic (exact) mass is 310 g/mol. The Morgan fingerprint density at radius 1 is 1.20 bits per heavy atom. The summed E-state index contributed by atoms with van der Waals surface area (Å²) < 4.78 is 0. The van der Waals surface area contributed by atoms with Gasteiger partial charge in [0, 0.05) is 42.3 Å². The summed E-state index contributed by atoms with van der Waals surface area (Å²) in [5.74, 6) is 0.581. The highest BCUT2D eigenvalue weighted by atomic mass is 35.5. The lowest BCUT2D eigenvalue weighted by atomic mass is 9.93. The van der Waals surface area contributed by atoms with Crippen molar-refractivity contribution in [2.75, 3.05) is 13.1 Å². The van der Waals surface area contributed by atoms with Gasteiger partial charge in [0.25, 0.3) is 0 Å². The third kappa shape index (κ3) is 2.97. The van der Waals surface area contributed by atoms with Crippen LogP contribution in [0.15, 0.2) is 24.7 Å². The molecule has 0 radical (unpaired) electrons. The van der Waals surface area contributed by atoms with Gasteiger partial charge in [0.15, 0.2) is 0 Å². The van der Waals surface area contributed by atoms with Crippen LogP contribution in [0.25, 0.3) is 0 Å². The summed E-state index contributed by atoms with van der Waals surface area (Å²) in [5.41, 5.74) is 2.22. The third-order valence-electron chi connectivity index (χ3n) is 3.88. The van der Waals surface area contributed by atoms with Crippen molar-refractivity contribution in [2.45, 2.75) is 25.3 Å². The molecule has 4 nitrogen and oxygen atoms in total. The predicted octanol–water partition coefficient (Wildman–Crippen LogP) is 3.49. The second-order valence-electron chi connectivity index (χ2n) is 5.14. The highest BCUT2D eigenvalue weighted by molar-refractivity contribution is 6.35. The molecule has 0 saturated carbocycles. The Bertz CT molecular complexity index is 542. The van der Waals surface area contributed by atoms with E-state index < -0.39 is 0 Å². The summed E-state index contributed by atoms with van der Waals surface area (Å²) in [6.45, 7) is 2.87. The first-order chi connectivity index (χ1) is 9.74. The van der Waals surface area contributed by atoms with Crippen molar-refractivity contribution >= 4 is 23.2 Å². The van der Waals surface area contributed by atoms with Gasteiger partial charge in [0.1, 0.15) is 0 Å². The molecule has 1 aliphatic rings. The lowest BCUT2D eigenvalue weighted by Gasteiger charge is -2.31. The SMILES string of the molecule is Clc1cncc(Cl)c1CN1CCC(c2ccn[nH]2)CC1. The topological polar surface area (TPSA) is 44.8 Å². The van der Waals surface area contributed by atoms with Crippen LogP contribution < -0.4 is 0 Å². The fourth-order valence-corrected chi connectivity index (χ4v) is 3.19. The molecule has 1 aliphatic heterocycles. The molecule has 2 aromatic heterocycles. The van der Waals surface area contributed by atoms with Gasteiger partial charge in [-0.25, -0.2) is 0 Å². The highest BCUT2D eigenvalue weighted by Crippen LogP contribution is 2.29. The van der Waals surface area contributed by atoms with Crippen molar-refractivity contribution < 1.29 is 0 Å². The van der Waals surface area contributed by atoms with Crippen LogP contribution in [0.2, 0.25) is 10.0 Å². The standard InChI is InChI=1S/C14H16Cl2N4/c15-12-7-17-8-13(16)11(12)9-20-5-2-10(3-6-20)14-1-4-18-19-14/h1,4,7-8,10H,2-3,5-6,9H2,(H,18,19). The molecule has 20 heavy (non-hydrogen) atoms. The first-order valence-electron chi connectivity index (χ1n) is 6.73. The molecule has 1 fully saturated rings. The van der Waals surface area contributed by atoms with Crippen LogP contribution in [0, 0.1) is 0 Å². The van der Waals surface area contributed by atoms with Crippen LogP contribution in [0.4, 0.5) is 0 Å². The maximum absolute atomic E-state index is 6.17. The van der Waals surface area contributed by atoms with E-state index in [1.165, 1.54) is 5.69 Å². The molecule has 0 aliphatic carbocycles. The molecule has 2 aromatic rings. The van der Waals surface area contributed by atoms with Crippen molar-refractivity contribution in [3.05, 3.63) is 46.0 Å². The number of piperidine rings is 1. The minimum Gasteiger partial charge on any atom is -0.299 e. The number of halogens is 2. The number of rotatable bonds is 3. The average Bonchev–Trinajstić information content (AvgIpc) is 2.98. The van der Waals surface area contributed by atoms with Gasteiger partial charge in [-0.1, -0.05) is 23.2 Å². The van der Waals surface area contributed by atoms with Crippen molar-refractivity contribution in [3.8, 4) is 0 Å². The number of likely N-dealkylation sites (tertiary alicyclic amines) is 1. The summed E-state index contributed by atoms with van der Waals surface area (Å²) in [7, 11) is 0. The Morgan fingerprint density at radius 3 is 2.50 bits per heavy atom. The molecular weight excluding hydrogens is 295 g/mol. The molecule has 0 atom stereocenters. The van der Waals surface area contributed by atoms with E-state index in [4.69, 9.17) is 23.2 Å². The Kier molecular flexibility index (Phi) is 4.24. The number of hydrogen-bond donors (Lipinski definition) is 1. The number of aromatic nitrogens is 3. The fraction of sp³-hybridized carbons (Fsp3) is 0.429. The maximum Gasteiger partial charge on any atom is 0.0649 e. The highest BCUT2D eigenvalue weighted by Gasteiger charge is 2.22. The number of nitrogens with zero attached hydrogens (tertiary/aromatic N) is 3. The quantitative estimate of drug-likeness (QED) is 0.943. The molecule has 3 rings (SSSR count). The molecule has 0 amide bonds. The first kappa shape index (κ1) is 13.9. The van der Waals surface area contributed by atoms with E-state index in [9.17, 15) is 0 Å².